The van der Waals surface area contributed by atoms with Crippen LogP contribution in [0.1, 0.15) is 34.5 Å². The second kappa shape index (κ2) is 7.06. The second-order valence-electron chi connectivity index (χ2n) is 6.40. The Hall–Kier alpha value is -2.65. The van der Waals surface area contributed by atoms with Gasteiger partial charge in [0.25, 0.3) is 5.91 Å². The molecule has 3 nitrogen and oxygen atoms in total. The minimum Gasteiger partial charge on any atom is -0.322 e. The van der Waals surface area contributed by atoms with Crippen LogP contribution < -0.4 is 5.49 Å². The largest absolute Gasteiger partial charge is 0.431 e. The molecule has 0 spiro atoms. The number of aromatic nitrogens is 1. The summed E-state index contributed by atoms with van der Waals surface area (Å²) >= 11 is 0. The van der Waals surface area contributed by atoms with E-state index in [4.69, 9.17) is 0 Å². The Balaban J connectivity index is 2.10. The number of pyridine rings is 1. The van der Waals surface area contributed by atoms with E-state index in [2.05, 4.69) is 4.99 Å². The van der Waals surface area contributed by atoms with Gasteiger partial charge in [0, 0.05) is 6.54 Å². The van der Waals surface area contributed by atoms with Crippen LogP contribution in [0.15, 0.2) is 41.4 Å². The van der Waals surface area contributed by atoms with Crippen LogP contribution in [-0.2, 0) is 18.9 Å². The van der Waals surface area contributed by atoms with Crippen molar-refractivity contribution in [2.24, 2.45) is 10.9 Å². The summed E-state index contributed by atoms with van der Waals surface area (Å²) in [7, 11) is 0. The average Bonchev–Trinajstić information content (AvgIpc) is 3.38. The first-order valence-electron chi connectivity index (χ1n) is 8.20. The molecule has 0 saturated heterocycles. The summed E-state index contributed by atoms with van der Waals surface area (Å²) in [6, 6.07) is 5.07. The Bertz CT molecular complexity index is 969. The standard InChI is InChI=1S/C18H13F7N2O/c19-15-11(3-1-4-12(15)17(20,21)22)16(28)26-14-6-2-5-13(18(23,24)25)27(14)9-10-7-8-10/h1-6,10H,7-9H2/b26-14+. The predicted molar refractivity (Wildman–Crippen MR) is 83.5 cm³/mol. The molecule has 1 aliphatic rings. The molecular formula is C18H13F7N2O. The molecule has 1 aliphatic carbocycles. The van der Waals surface area contributed by atoms with Crippen molar-refractivity contribution in [2.45, 2.75) is 31.7 Å². The fraction of sp³-hybridized carbons (Fsp3) is 0.333. The van der Waals surface area contributed by atoms with Gasteiger partial charge in [-0.1, -0.05) is 12.1 Å². The molecule has 10 heteroatoms. The number of nitrogens with zero attached hydrogens (tertiary/aromatic N) is 2. The summed E-state index contributed by atoms with van der Waals surface area (Å²) in [5.74, 6) is -3.22. The van der Waals surface area contributed by atoms with Gasteiger partial charge in [0.05, 0.1) is 11.1 Å². The van der Waals surface area contributed by atoms with E-state index >= 15 is 0 Å². The van der Waals surface area contributed by atoms with Crippen molar-refractivity contribution in [1.82, 2.24) is 4.57 Å². The molecule has 150 valence electrons. The lowest BCUT2D eigenvalue weighted by Gasteiger charge is -2.16. The fourth-order valence-electron chi connectivity index (χ4n) is 2.70. The number of carbonyl (C=O) groups is 1. The van der Waals surface area contributed by atoms with Gasteiger partial charge in [-0.05, 0) is 43.0 Å². The molecule has 0 unspecified atom stereocenters. The Morgan fingerprint density at radius 2 is 1.64 bits per heavy atom. The van der Waals surface area contributed by atoms with Crippen LogP contribution in [0.4, 0.5) is 30.7 Å². The van der Waals surface area contributed by atoms with E-state index in [1.54, 1.807) is 0 Å². The van der Waals surface area contributed by atoms with E-state index in [-0.39, 0.29) is 12.5 Å². The third kappa shape index (κ3) is 4.26. The topological polar surface area (TPSA) is 34.4 Å². The molecule has 28 heavy (non-hydrogen) atoms. The highest BCUT2D eigenvalue weighted by molar-refractivity contribution is 5.95. The summed E-state index contributed by atoms with van der Waals surface area (Å²) in [5, 5.41) is 0. The Morgan fingerprint density at radius 1 is 1.00 bits per heavy atom. The zero-order valence-corrected chi connectivity index (χ0v) is 14.1. The van der Waals surface area contributed by atoms with E-state index in [0.29, 0.717) is 6.07 Å². The highest BCUT2D eigenvalue weighted by Gasteiger charge is 2.37. The molecule has 1 aromatic carbocycles. The van der Waals surface area contributed by atoms with Crippen LogP contribution in [0.25, 0.3) is 0 Å². The van der Waals surface area contributed by atoms with E-state index in [1.165, 1.54) is 0 Å². The molecule has 0 radical (unpaired) electrons. The zero-order valence-electron chi connectivity index (χ0n) is 14.1. The maximum atomic E-state index is 14.1. The first-order chi connectivity index (χ1) is 13.0. The lowest BCUT2D eigenvalue weighted by molar-refractivity contribution is -0.144. The quantitative estimate of drug-likeness (QED) is 0.674. The maximum Gasteiger partial charge on any atom is 0.431 e. The lowest BCUT2D eigenvalue weighted by atomic mass is 10.1. The Labute approximate surface area is 154 Å². The predicted octanol–water partition coefficient (Wildman–Crippen LogP) is 4.82. The van der Waals surface area contributed by atoms with Gasteiger partial charge < -0.3 is 4.57 Å². The average molecular weight is 406 g/mol. The molecule has 0 N–H and O–H groups in total. The number of halogens is 7. The molecule has 0 atom stereocenters. The maximum absolute atomic E-state index is 14.1. The van der Waals surface area contributed by atoms with Crippen molar-refractivity contribution in [1.29, 1.82) is 0 Å². The molecule has 3 rings (SSSR count). The molecule has 0 aliphatic heterocycles. The van der Waals surface area contributed by atoms with Crippen molar-refractivity contribution in [3.05, 3.63) is 64.5 Å². The zero-order chi connectivity index (χ0) is 20.7. The minimum absolute atomic E-state index is 0.0113. The van der Waals surface area contributed by atoms with Crippen LogP contribution in [0.2, 0.25) is 0 Å². The third-order valence-electron chi connectivity index (χ3n) is 4.25. The molecule has 1 fully saturated rings. The number of amides is 1. The van der Waals surface area contributed by atoms with E-state index in [0.717, 1.165) is 47.7 Å². The van der Waals surface area contributed by atoms with Gasteiger partial charge in [-0.2, -0.15) is 31.3 Å². The van der Waals surface area contributed by atoms with E-state index in [9.17, 15) is 35.5 Å². The van der Waals surface area contributed by atoms with Gasteiger partial charge in [0.15, 0.2) is 0 Å². The summed E-state index contributed by atoms with van der Waals surface area (Å²) in [5.41, 5.74) is -4.06. The number of hydrogen-bond donors (Lipinski definition) is 0. The monoisotopic (exact) mass is 406 g/mol. The number of hydrogen-bond acceptors (Lipinski definition) is 1. The van der Waals surface area contributed by atoms with Crippen molar-refractivity contribution < 1.29 is 35.5 Å². The summed E-state index contributed by atoms with van der Waals surface area (Å²) in [4.78, 5) is 15.7. The van der Waals surface area contributed by atoms with Crippen LogP contribution in [0, 0.1) is 11.7 Å². The third-order valence-corrected chi connectivity index (χ3v) is 4.25. The Kier molecular flexibility index (Phi) is 5.07. The highest BCUT2D eigenvalue weighted by Crippen LogP contribution is 2.34. The molecule has 1 heterocycles. The normalized spacial score (nSPS) is 15.8. The number of alkyl halides is 6. The van der Waals surface area contributed by atoms with E-state index < -0.39 is 46.4 Å². The van der Waals surface area contributed by atoms with Crippen molar-refractivity contribution in [3.63, 3.8) is 0 Å². The summed E-state index contributed by atoms with van der Waals surface area (Å²) in [6.07, 6.45) is -8.31. The number of benzene rings is 1. The Morgan fingerprint density at radius 3 is 2.21 bits per heavy atom. The van der Waals surface area contributed by atoms with Crippen molar-refractivity contribution in [2.75, 3.05) is 0 Å². The van der Waals surface area contributed by atoms with E-state index in [1.807, 2.05) is 0 Å². The molecule has 1 saturated carbocycles. The van der Waals surface area contributed by atoms with Gasteiger partial charge in [-0.25, -0.2) is 4.39 Å². The van der Waals surface area contributed by atoms with Crippen LogP contribution >= 0.6 is 0 Å². The highest BCUT2D eigenvalue weighted by atomic mass is 19.4. The molecular weight excluding hydrogens is 393 g/mol. The van der Waals surface area contributed by atoms with Crippen molar-refractivity contribution in [3.8, 4) is 0 Å². The minimum atomic E-state index is -5.03. The van der Waals surface area contributed by atoms with Crippen LogP contribution in [-0.4, -0.2) is 10.5 Å². The van der Waals surface area contributed by atoms with Gasteiger partial charge in [-0.15, -0.1) is 0 Å². The molecule has 0 bridgehead atoms. The first-order valence-corrected chi connectivity index (χ1v) is 8.20. The molecule has 1 aromatic heterocycles. The fourth-order valence-corrected chi connectivity index (χ4v) is 2.70. The first kappa shape index (κ1) is 20.1. The van der Waals surface area contributed by atoms with Gasteiger partial charge in [-0.3, -0.25) is 4.79 Å². The number of rotatable bonds is 3. The molecule has 2 aromatic rings. The van der Waals surface area contributed by atoms with Gasteiger partial charge >= 0.3 is 12.4 Å². The van der Waals surface area contributed by atoms with Crippen molar-refractivity contribution >= 4 is 5.91 Å². The van der Waals surface area contributed by atoms with Gasteiger partial charge in [0.1, 0.15) is 17.0 Å². The van der Waals surface area contributed by atoms with Gasteiger partial charge in [0.2, 0.25) is 0 Å². The lowest BCUT2D eigenvalue weighted by Crippen LogP contribution is -2.30. The summed E-state index contributed by atoms with van der Waals surface area (Å²) in [6.45, 7) is -0.0487. The SMILES string of the molecule is O=C(/N=c1\cccc(C(F)(F)F)n1CC1CC1)c1cccc(C(F)(F)F)c1F. The number of carbonyl (C=O) groups excluding carboxylic acids is 1. The van der Waals surface area contributed by atoms with Crippen LogP contribution in [0.5, 0.6) is 0 Å². The van der Waals surface area contributed by atoms with Crippen LogP contribution in [0.3, 0.4) is 0 Å². The molecule has 1 amide bonds. The summed E-state index contributed by atoms with van der Waals surface area (Å²) < 4.78 is 93.2. The smallest absolute Gasteiger partial charge is 0.322 e. The second-order valence-corrected chi connectivity index (χ2v) is 6.40.